The topological polar surface area (TPSA) is 93.7 Å². The third-order valence-electron chi connectivity index (χ3n) is 4.71. The van der Waals surface area contributed by atoms with Gasteiger partial charge >= 0.3 is 0 Å². The predicted octanol–water partition coefficient (Wildman–Crippen LogP) is 0.529. The summed E-state index contributed by atoms with van der Waals surface area (Å²) < 4.78 is 33.6. The summed E-state index contributed by atoms with van der Waals surface area (Å²) in [4.78, 5) is 12.6. The smallest absolute Gasteiger partial charge is 0.241 e. The largest absolute Gasteiger partial charge is 0.497 e. The van der Waals surface area contributed by atoms with Crippen molar-refractivity contribution in [3.05, 3.63) is 23.8 Å². The van der Waals surface area contributed by atoms with Crippen molar-refractivity contribution < 1.29 is 22.7 Å². The van der Waals surface area contributed by atoms with E-state index in [1.165, 1.54) is 0 Å². The fourth-order valence-corrected chi connectivity index (χ4v) is 4.48. The van der Waals surface area contributed by atoms with Crippen LogP contribution in [0.3, 0.4) is 0 Å². The first-order valence-corrected chi connectivity index (χ1v) is 10.1. The molecule has 0 saturated carbocycles. The lowest BCUT2D eigenvalue weighted by molar-refractivity contribution is -0.124. The van der Waals surface area contributed by atoms with E-state index in [4.69, 9.17) is 9.47 Å². The third kappa shape index (κ3) is 4.24. The molecule has 0 bridgehead atoms. The van der Waals surface area contributed by atoms with Crippen molar-refractivity contribution in [1.29, 1.82) is 0 Å². The van der Waals surface area contributed by atoms with Gasteiger partial charge in [-0.15, -0.1) is 0 Å². The standard InChI is InChI=1S/C17H26N2O5S/c1-23-14-5-4-13(15(12-14)24-2)6-9-19-16(20)17(25(3,21)22)7-10-18-11-8-17/h4-5,12,18H,6-11H2,1-3H3,(H,19,20). The lowest BCUT2D eigenvalue weighted by Crippen LogP contribution is -2.57. The first-order chi connectivity index (χ1) is 11.8. The number of rotatable bonds is 7. The van der Waals surface area contributed by atoms with Crippen molar-refractivity contribution in [2.24, 2.45) is 0 Å². The van der Waals surface area contributed by atoms with Gasteiger partial charge in [0.05, 0.1) is 14.2 Å². The highest BCUT2D eigenvalue weighted by molar-refractivity contribution is 7.92. The third-order valence-corrected chi connectivity index (χ3v) is 6.72. The molecule has 1 aromatic rings. The molecule has 0 aliphatic carbocycles. The molecule has 25 heavy (non-hydrogen) atoms. The minimum atomic E-state index is -3.50. The van der Waals surface area contributed by atoms with Gasteiger partial charge in [-0.05, 0) is 44.0 Å². The number of piperidine rings is 1. The fraction of sp³-hybridized carbons (Fsp3) is 0.588. The van der Waals surface area contributed by atoms with Crippen LogP contribution >= 0.6 is 0 Å². The van der Waals surface area contributed by atoms with Gasteiger partial charge in [0.15, 0.2) is 14.6 Å². The lowest BCUT2D eigenvalue weighted by atomic mass is 9.95. The Balaban J connectivity index is 2.04. The second kappa shape index (κ2) is 8.05. The van der Waals surface area contributed by atoms with Crippen LogP contribution in [0.4, 0.5) is 0 Å². The van der Waals surface area contributed by atoms with E-state index in [0.29, 0.717) is 50.4 Å². The molecule has 0 unspecified atom stereocenters. The van der Waals surface area contributed by atoms with Gasteiger partial charge in [-0.3, -0.25) is 4.79 Å². The van der Waals surface area contributed by atoms with Crippen molar-refractivity contribution in [2.75, 3.05) is 40.1 Å². The SMILES string of the molecule is COc1ccc(CCNC(=O)C2(S(C)(=O)=O)CCNCC2)c(OC)c1. The monoisotopic (exact) mass is 370 g/mol. The molecule has 1 aromatic carbocycles. The summed E-state index contributed by atoms with van der Waals surface area (Å²) in [6.07, 6.45) is 2.27. The van der Waals surface area contributed by atoms with E-state index < -0.39 is 20.5 Å². The second-order valence-corrected chi connectivity index (χ2v) is 8.53. The molecule has 1 fully saturated rings. The Labute approximate surface area is 149 Å². The number of sulfone groups is 1. The number of methoxy groups -OCH3 is 2. The molecule has 1 saturated heterocycles. The summed E-state index contributed by atoms with van der Waals surface area (Å²) in [5.41, 5.74) is 0.919. The van der Waals surface area contributed by atoms with Crippen molar-refractivity contribution in [2.45, 2.75) is 24.0 Å². The molecule has 8 heteroatoms. The van der Waals surface area contributed by atoms with Gasteiger partial charge in [0.2, 0.25) is 5.91 Å². The van der Waals surface area contributed by atoms with E-state index in [9.17, 15) is 13.2 Å². The van der Waals surface area contributed by atoms with E-state index in [0.717, 1.165) is 11.8 Å². The molecule has 1 heterocycles. The first kappa shape index (κ1) is 19.5. The Bertz CT molecular complexity index is 712. The predicted molar refractivity (Wildman–Crippen MR) is 95.9 cm³/mol. The second-order valence-electron chi connectivity index (χ2n) is 6.20. The molecule has 2 N–H and O–H groups in total. The number of carbonyl (C=O) groups excluding carboxylic acids is 1. The van der Waals surface area contributed by atoms with E-state index in [1.807, 2.05) is 12.1 Å². The van der Waals surface area contributed by atoms with Crippen LogP contribution < -0.4 is 20.1 Å². The summed E-state index contributed by atoms with van der Waals surface area (Å²) in [7, 11) is -0.341. The zero-order valence-corrected chi connectivity index (χ0v) is 15.7. The number of amides is 1. The number of carbonyl (C=O) groups is 1. The molecule has 1 aliphatic heterocycles. The molecule has 1 amide bonds. The van der Waals surface area contributed by atoms with E-state index >= 15 is 0 Å². The first-order valence-electron chi connectivity index (χ1n) is 8.23. The van der Waals surface area contributed by atoms with Gasteiger partial charge in [0.25, 0.3) is 0 Å². The van der Waals surface area contributed by atoms with Crippen LogP contribution in [0.5, 0.6) is 11.5 Å². The summed E-state index contributed by atoms with van der Waals surface area (Å²) in [5, 5.41) is 5.90. The average molecular weight is 370 g/mol. The summed E-state index contributed by atoms with van der Waals surface area (Å²) >= 11 is 0. The van der Waals surface area contributed by atoms with Crippen LogP contribution in [0.15, 0.2) is 18.2 Å². The summed E-state index contributed by atoms with van der Waals surface area (Å²) in [5.74, 6) is 0.952. The Morgan fingerprint density at radius 1 is 1.24 bits per heavy atom. The van der Waals surface area contributed by atoms with Crippen molar-refractivity contribution in [1.82, 2.24) is 10.6 Å². The minimum absolute atomic E-state index is 0.295. The van der Waals surface area contributed by atoms with Gasteiger partial charge in [0, 0.05) is 18.9 Å². The Morgan fingerprint density at radius 3 is 2.48 bits per heavy atom. The van der Waals surface area contributed by atoms with Gasteiger partial charge in [-0.25, -0.2) is 8.42 Å². The van der Waals surface area contributed by atoms with Crippen LogP contribution in [-0.2, 0) is 21.1 Å². The highest BCUT2D eigenvalue weighted by Crippen LogP contribution is 2.28. The molecular weight excluding hydrogens is 344 g/mol. The Morgan fingerprint density at radius 2 is 1.92 bits per heavy atom. The number of nitrogens with one attached hydrogen (secondary N) is 2. The van der Waals surface area contributed by atoms with E-state index in [-0.39, 0.29) is 0 Å². The summed E-state index contributed by atoms with van der Waals surface area (Å²) in [6.45, 7) is 1.38. The van der Waals surface area contributed by atoms with Crippen LogP contribution in [0.2, 0.25) is 0 Å². The van der Waals surface area contributed by atoms with Crippen molar-refractivity contribution >= 4 is 15.7 Å². The van der Waals surface area contributed by atoms with Crippen LogP contribution in [0, 0.1) is 0 Å². The molecule has 1 aliphatic rings. The van der Waals surface area contributed by atoms with Gasteiger partial charge in [-0.1, -0.05) is 6.07 Å². The zero-order valence-electron chi connectivity index (χ0n) is 14.9. The molecule has 7 nitrogen and oxygen atoms in total. The minimum Gasteiger partial charge on any atom is -0.497 e. The van der Waals surface area contributed by atoms with Gasteiger partial charge in [-0.2, -0.15) is 0 Å². The van der Waals surface area contributed by atoms with Crippen LogP contribution in [0.25, 0.3) is 0 Å². The molecular formula is C17H26N2O5S. The number of ether oxygens (including phenoxy) is 2. The number of hydrogen-bond acceptors (Lipinski definition) is 6. The number of benzene rings is 1. The molecule has 0 radical (unpaired) electrons. The highest BCUT2D eigenvalue weighted by Gasteiger charge is 2.48. The molecule has 2 rings (SSSR count). The van der Waals surface area contributed by atoms with E-state index in [2.05, 4.69) is 10.6 Å². The molecule has 0 spiro atoms. The molecule has 0 atom stereocenters. The van der Waals surface area contributed by atoms with Crippen LogP contribution in [0.1, 0.15) is 18.4 Å². The fourth-order valence-electron chi connectivity index (χ4n) is 3.13. The Kier molecular flexibility index (Phi) is 6.29. The van der Waals surface area contributed by atoms with E-state index in [1.54, 1.807) is 20.3 Å². The van der Waals surface area contributed by atoms with Crippen molar-refractivity contribution in [3.63, 3.8) is 0 Å². The lowest BCUT2D eigenvalue weighted by Gasteiger charge is -2.34. The molecule has 140 valence electrons. The average Bonchev–Trinajstić information content (AvgIpc) is 2.61. The maximum atomic E-state index is 12.6. The zero-order chi connectivity index (χ0) is 18.5. The van der Waals surface area contributed by atoms with Crippen LogP contribution in [-0.4, -0.2) is 59.2 Å². The van der Waals surface area contributed by atoms with Gasteiger partial charge in [0.1, 0.15) is 11.5 Å². The highest BCUT2D eigenvalue weighted by atomic mass is 32.2. The van der Waals surface area contributed by atoms with Crippen molar-refractivity contribution in [3.8, 4) is 11.5 Å². The normalized spacial score (nSPS) is 16.9. The Hall–Kier alpha value is -1.80. The maximum Gasteiger partial charge on any atom is 0.241 e. The van der Waals surface area contributed by atoms with Gasteiger partial charge < -0.3 is 20.1 Å². The number of hydrogen-bond donors (Lipinski definition) is 2. The summed E-state index contributed by atoms with van der Waals surface area (Å²) in [6, 6.07) is 5.48. The molecule has 0 aromatic heterocycles. The maximum absolute atomic E-state index is 12.6. The quantitative estimate of drug-likeness (QED) is 0.727.